The number of hydrogen-bond donors (Lipinski definition) is 2. The van der Waals surface area contributed by atoms with Gasteiger partial charge in [-0.25, -0.2) is 4.79 Å². The van der Waals surface area contributed by atoms with Gasteiger partial charge in [0.2, 0.25) is 0 Å². The molecule has 2 saturated carbocycles. The van der Waals surface area contributed by atoms with Crippen LogP contribution in [0.1, 0.15) is 40.0 Å². The molecule has 0 bridgehead atoms. The van der Waals surface area contributed by atoms with Crippen LogP contribution in [0.25, 0.3) is 0 Å². The smallest absolute Gasteiger partial charge is 0.407 e. The Morgan fingerprint density at radius 1 is 1.41 bits per heavy atom. The summed E-state index contributed by atoms with van der Waals surface area (Å²) in [5, 5.41) is 11.7. The maximum Gasteiger partial charge on any atom is 0.407 e. The molecule has 0 aromatic heterocycles. The number of amides is 1. The van der Waals surface area contributed by atoms with Crippen molar-refractivity contribution in [1.82, 2.24) is 5.32 Å². The Kier molecular flexibility index (Phi) is 2.60. The molecule has 0 saturated heterocycles. The van der Waals surface area contributed by atoms with E-state index >= 15 is 0 Å². The van der Waals surface area contributed by atoms with E-state index in [1.54, 1.807) is 20.8 Å². The predicted octanol–water partition coefficient (Wildman–Crippen LogP) is 1.76. The molecule has 0 heterocycles. The SMILES string of the molecule is CC(C)(C)OC(=O)NC1CCC12CC2C(=O)O. The van der Waals surface area contributed by atoms with Crippen molar-refractivity contribution in [2.75, 3.05) is 0 Å². The highest BCUT2D eigenvalue weighted by Gasteiger charge is 2.67. The van der Waals surface area contributed by atoms with Crippen LogP contribution in [0.5, 0.6) is 0 Å². The van der Waals surface area contributed by atoms with Gasteiger partial charge >= 0.3 is 12.1 Å². The molecule has 2 aliphatic carbocycles. The number of rotatable bonds is 2. The van der Waals surface area contributed by atoms with Gasteiger partial charge in [0.1, 0.15) is 5.60 Å². The van der Waals surface area contributed by atoms with Crippen molar-refractivity contribution in [2.24, 2.45) is 11.3 Å². The molecule has 0 aliphatic heterocycles. The van der Waals surface area contributed by atoms with Crippen molar-refractivity contribution < 1.29 is 19.4 Å². The van der Waals surface area contributed by atoms with Gasteiger partial charge in [-0.3, -0.25) is 4.79 Å². The van der Waals surface area contributed by atoms with E-state index in [0.717, 1.165) is 12.8 Å². The largest absolute Gasteiger partial charge is 0.481 e. The summed E-state index contributed by atoms with van der Waals surface area (Å²) in [5.41, 5.74) is -0.695. The second kappa shape index (κ2) is 3.62. The van der Waals surface area contributed by atoms with Crippen molar-refractivity contribution in [2.45, 2.75) is 51.7 Å². The minimum Gasteiger partial charge on any atom is -0.481 e. The molecule has 0 radical (unpaired) electrons. The monoisotopic (exact) mass is 241 g/mol. The van der Waals surface area contributed by atoms with E-state index in [4.69, 9.17) is 9.84 Å². The average molecular weight is 241 g/mol. The lowest BCUT2D eigenvalue weighted by Crippen LogP contribution is -2.51. The fourth-order valence-electron chi connectivity index (χ4n) is 2.64. The van der Waals surface area contributed by atoms with E-state index < -0.39 is 17.7 Å². The highest BCUT2D eigenvalue weighted by atomic mass is 16.6. The van der Waals surface area contributed by atoms with Crippen LogP contribution in [0.15, 0.2) is 0 Å². The zero-order chi connectivity index (χ0) is 12.8. The maximum atomic E-state index is 11.6. The molecule has 1 amide bonds. The Bertz CT molecular complexity index is 360. The van der Waals surface area contributed by atoms with Crippen LogP contribution in [0.4, 0.5) is 4.79 Å². The number of carboxylic acids is 1. The second-order valence-electron chi connectivity index (χ2n) is 6.07. The second-order valence-corrected chi connectivity index (χ2v) is 6.07. The van der Waals surface area contributed by atoms with Crippen molar-refractivity contribution in [1.29, 1.82) is 0 Å². The zero-order valence-corrected chi connectivity index (χ0v) is 10.4. The fourth-order valence-corrected chi connectivity index (χ4v) is 2.64. The number of aliphatic carboxylic acids is 1. The van der Waals surface area contributed by atoms with Crippen LogP contribution in [0, 0.1) is 11.3 Å². The molecule has 2 aliphatic rings. The lowest BCUT2D eigenvalue weighted by Gasteiger charge is -2.38. The Morgan fingerprint density at radius 3 is 2.41 bits per heavy atom. The summed E-state index contributed by atoms with van der Waals surface area (Å²) in [6.45, 7) is 5.42. The first kappa shape index (κ1) is 12.2. The molecule has 0 aromatic carbocycles. The predicted molar refractivity (Wildman–Crippen MR) is 60.6 cm³/mol. The van der Waals surface area contributed by atoms with Crippen LogP contribution in [0.2, 0.25) is 0 Å². The lowest BCUT2D eigenvalue weighted by molar-refractivity contribution is -0.140. The summed E-state index contributed by atoms with van der Waals surface area (Å²) >= 11 is 0. The summed E-state index contributed by atoms with van der Waals surface area (Å²) in [6.07, 6.45) is 1.98. The van der Waals surface area contributed by atoms with Gasteiger partial charge < -0.3 is 15.2 Å². The van der Waals surface area contributed by atoms with Crippen molar-refractivity contribution >= 4 is 12.1 Å². The number of alkyl carbamates (subject to hydrolysis) is 1. The number of carboxylic acid groups (broad SMARTS) is 1. The summed E-state index contributed by atoms with van der Waals surface area (Å²) < 4.78 is 5.16. The van der Waals surface area contributed by atoms with Crippen molar-refractivity contribution in [3.63, 3.8) is 0 Å². The van der Waals surface area contributed by atoms with Gasteiger partial charge in [0, 0.05) is 11.5 Å². The van der Waals surface area contributed by atoms with Gasteiger partial charge in [-0.15, -0.1) is 0 Å². The van der Waals surface area contributed by atoms with Crippen LogP contribution in [-0.4, -0.2) is 28.8 Å². The molecule has 0 aromatic rings. The third-order valence-electron chi connectivity index (χ3n) is 3.70. The van der Waals surface area contributed by atoms with E-state index in [2.05, 4.69) is 5.32 Å². The molecule has 3 unspecified atom stereocenters. The summed E-state index contributed by atoms with van der Waals surface area (Å²) in [5.74, 6) is -1.03. The van der Waals surface area contributed by atoms with Crippen LogP contribution in [-0.2, 0) is 9.53 Å². The van der Waals surface area contributed by atoms with Crippen LogP contribution >= 0.6 is 0 Å². The number of carbonyl (C=O) groups excluding carboxylic acids is 1. The molecule has 17 heavy (non-hydrogen) atoms. The molecule has 2 rings (SSSR count). The van der Waals surface area contributed by atoms with Gasteiger partial charge in [-0.1, -0.05) is 0 Å². The highest BCUT2D eigenvalue weighted by molar-refractivity contribution is 5.76. The van der Waals surface area contributed by atoms with Gasteiger partial charge in [0.05, 0.1) is 5.92 Å². The van der Waals surface area contributed by atoms with E-state index in [-0.39, 0.29) is 17.4 Å². The van der Waals surface area contributed by atoms with Gasteiger partial charge in [-0.2, -0.15) is 0 Å². The molecule has 96 valence electrons. The van der Waals surface area contributed by atoms with E-state index in [0.29, 0.717) is 6.42 Å². The molecule has 5 nitrogen and oxygen atoms in total. The number of ether oxygens (including phenoxy) is 1. The highest BCUT2D eigenvalue weighted by Crippen LogP contribution is 2.65. The standard InChI is InChI=1S/C12H19NO4/c1-11(2,3)17-10(16)13-8-4-5-12(8)6-7(12)9(14)15/h7-8H,4-6H2,1-3H3,(H,13,16)(H,14,15). The first-order valence-corrected chi connectivity index (χ1v) is 5.97. The van der Waals surface area contributed by atoms with Crippen molar-refractivity contribution in [3.05, 3.63) is 0 Å². The summed E-state index contributed by atoms with van der Waals surface area (Å²) in [4.78, 5) is 22.5. The molecule has 3 atom stereocenters. The van der Waals surface area contributed by atoms with Gasteiger partial charge in [0.25, 0.3) is 0 Å². The molecular formula is C12H19NO4. The number of carbonyl (C=O) groups is 2. The fraction of sp³-hybridized carbons (Fsp3) is 0.833. The Balaban J connectivity index is 1.86. The van der Waals surface area contributed by atoms with Gasteiger partial charge in [-0.05, 0) is 40.0 Å². The third kappa shape index (κ3) is 2.23. The maximum absolute atomic E-state index is 11.6. The average Bonchev–Trinajstić information content (AvgIpc) is 2.86. The van der Waals surface area contributed by atoms with Crippen LogP contribution < -0.4 is 5.32 Å². The zero-order valence-electron chi connectivity index (χ0n) is 10.4. The molecule has 2 N–H and O–H groups in total. The van der Waals surface area contributed by atoms with E-state index in [1.807, 2.05) is 0 Å². The van der Waals surface area contributed by atoms with Crippen LogP contribution in [0.3, 0.4) is 0 Å². The quantitative estimate of drug-likeness (QED) is 0.772. The number of hydrogen-bond acceptors (Lipinski definition) is 3. The third-order valence-corrected chi connectivity index (χ3v) is 3.70. The molecule has 1 spiro atoms. The molecular weight excluding hydrogens is 222 g/mol. The van der Waals surface area contributed by atoms with E-state index in [1.165, 1.54) is 0 Å². The minimum absolute atomic E-state index is 0.0292. The van der Waals surface area contributed by atoms with E-state index in [9.17, 15) is 9.59 Å². The van der Waals surface area contributed by atoms with Gasteiger partial charge in [0.15, 0.2) is 0 Å². The molecule has 5 heteroatoms. The number of nitrogens with one attached hydrogen (secondary N) is 1. The van der Waals surface area contributed by atoms with Crippen molar-refractivity contribution in [3.8, 4) is 0 Å². The Morgan fingerprint density at radius 2 is 2.06 bits per heavy atom. The summed E-state index contributed by atoms with van der Waals surface area (Å²) in [6, 6.07) is -0.0292. The normalized spacial score (nSPS) is 35.0. The topological polar surface area (TPSA) is 75.6 Å². The first-order valence-electron chi connectivity index (χ1n) is 5.97. The Hall–Kier alpha value is -1.26. The lowest BCUT2D eigenvalue weighted by atomic mass is 9.74. The Labute approximate surface area is 101 Å². The minimum atomic E-state index is -0.749. The molecule has 2 fully saturated rings. The first-order chi connectivity index (χ1) is 7.74. The summed E-state index contributed by atoms with van der Waals surface area (Å²) in [7, 11) is 0.